The molecule has 0 spiro atoms. The SMILES string of the molecule is CC1(C)O[C@@H](CF)[C@H](COc2ccc(CC(C(=O)NCCc3ccc(C(F)(F)F)cc3)n3cc(COc4ccc5nc(S(N)(=O)=O)sc5c4)nn3)cc2)O1. The fourth-order valence-electron chi connectivity index (χ4n) is 5.70. The predicted molar refractivity (Wildman–Crippen MR) is 188 cm³/mol. The summed E-state index contributed by atoms with van der Waals surface area (Å²) >= 11 is 0.911. The van der Waals surface area contributed by atoms with Gasteiger partial charge in [-0.05, 0) is 73.9 Å². The average molecular weight is 793 g/mol. The van der Waals surface area contributed by atoms with Crippen molar-refractivity contribution in [1.82, 2.24) is 25.3 Å². The molecule has 0 saturated carbocycles. The molecule has 1 aliphatic rings. The van der Waals surface area contributed by atoms with Crippen molar-refractivity contribution in [2.45, 2.75) is 67.8 Å². The molecule has 3 atom stereocenters. The number of primary sulfonamides is 1. The van der Waals surface area contributed by atoms with Crippen molar-refractivity contribution in [3.8, 4) is 11.5 Å². The maximum atomic E-state index is 13.6. The van der Waals surface area contributed by atoms with E-state index in [1.165, 1.54) is 16.8 Å². The molecule has 19 heteroatoms. The van der Waals surface area contributed by atoms with Crippen LogP contribution in [0.1, 0.15) is 42.3 Å². The molecule has 54 heavy (non-hydrogen) atoms. The number of benzene rings is 3. The standard InChI is InChI=1S/C35H36F4N6O7S2/c1-34(2)51-29(17-36)30(52-34)20-50-25-9-5-22(6-10-25)15-28(32(46)41-14-13-21-3-7-23(8-4-21)35(37,38)39)45-18-24(43-44-45)19-49-26-11-12-27-31(16-26)53-33(42-27)54(40,47)48/h3-12,16,18,28-30H,13-15,17,19-20H2,1-2H3,(H,41,46)(H2,40,47,48)/t28?,29-,30-/m0/s1. The van der Waals surface area contributed by atoms with Gasteiger partial charge in [-0.25, -0.2) is 27.6 Å². The van der Waals surface area contributed by atoms with Crippen molar-refractivity contribution in [1.29, 1.82) is 0 Å². The van der Waals surface area contributed by atoms with Crippen LogP contribution in [-0.2, 0) is 49.9 Å². The van der Waals surface area contributed by atoms with E-state index < -0.39 is 58.4 Å². The van der Waals surface area contributed by atoms with Gasteiger partial charge in [-0.2, -0.15) is 13.2 Å². The number of fused-ring (bicyclic) bond motifs is 1. The molecule has 1 aliphatic heterocycles. The van der Waals surface area contributed by atoms with Gasteiger partial charge in [-0.3, -0.25) is 4.79 Å². The van der Waals surface area contributed by atoms with E-state index in [-0.39, 0.29) is 36.9 Å². The lowest BCUT2D eigenvalue weighted by atomic mass is 10.0. The lowest BCUT2D eigenvalue weighted by Gasteiger charge is -2.18. The molecular formula is C35H36F4N6O7S2. The molecule has 5 aromatic rings. The van der Waals surface area contributed by atoms with Crippen LogP contribution >= 0.6 is 11.3 Å². The molecule has 1 unspecified atom stereocenters. The second kappa shape index (κ2) is 16.0. The Morgan fingerprint density at radius 1 is 1.02 bits per heavy atom. The summed E-state index contributed by atoms with van der Waals surface area (Å²) in [5.74, 6) is -0.412. The first-order valence-electron chi connectivity index (χ1n) is 16.6. The van der Waals surface area contributed by atoms with Crippen LogP contribution < -0.4 is 19.9 Å². The number of nitrogens with one attached hydrogen (secondary N) is 1. The Balaban J connectivity index is 1.12. The summed E-state index contributed by atoms with van der Waals surface area (Å²) in [7, 11) is -3.96. The maximum Gasteiger partial charge on any atom is 0.416 e. The summed E-state index contributed by atoms with van der Waals surface area (Å²) in [4.78, 5) is 17.6. The van der Waals surface area contributed by atoms with E-state index in [1.54, 1.807) is 62.5 Å². The van der Waals surface area contributed by atoms with E-state index in [0.717, 1.165) is 29.0 Å². The molecule has 13 nitrogen and oxygen atoms in total. The number of rotatable bonds is 15. The Kier molecular flexibility index (Phi) is 11.5. The van der Waals surface area contributed by atoms with E-state index in [1.807, 2.05) is 0 Å². The van der Waals surface area contributed by atoms with Gasteiger partial charge in [-0.1, -0.05) is 29.5 Å². The Labute approximate surface area is 311 Å². The van der Waals surface area contributed by atoms with Crippen LogP contribution in [0.4, 0.5) is 17.6 Å². The number of carbonyl (C=O) groups is 1. The minimum Gasteiger partial charge on any atom is -0.491 e. The van der Waals surface area contributed by atoms with Crippen molar-refractivity contribution >= 4 is 37.5 Å². The van der Waals surface area contributed by atoms with Gasteiger partial charge in [0.25, 0.3) is 10.0 Å². The van der Waals surface area contributed by atoms with Crippen LogP contribution in [0.15, 0.2) is 77.3 Å². The number of carbonyl (C=O) groups excluding carboxylic acids is 1. The zero-order chi connectivity index (χ0) is 38.7. The van der Waals surface area contributed by atoms with Crippen LogP contribution in [0.3, 0.4) is 0 Å². The third kappa shape index (κ3) is 9.89. The van der Waals surface area contributed by atoms with Gasteiger partial charge < -0.3 is 24.3 Å². The highest BCUT2D eigenvalue weighted by molar-refractivity contribution is 7.91. The molecule has 6 rings (SSSR count). The third-order valence-corrected chi connectivity index (χ3v) is 10.7. The number of nitrogens with two attached hydrogens (primary N) is 1. The number of nitrogens with zero attached hydrogens (tertiary/aromatic N) is 4. The quantitative estimate of drug-likeness (QED) is 0.135. The van der Waals surface area contributed by atoms with Gasteiger partial charge in [-0.15, -0.1) is 16.4 Å². The summed E-state index contributed by atoms with van der Waals surface area (Å²) in [5, 5.41) is 16.4. The Hall–Kier alpha value is -4.69. The van der Waals surface area contributed by atoms with Crippen LogP contribution in [-0.4, -0.2) is 72.1 Å². The Morgan fingerprint density at radius 3 is 2.39 bits per heavy atom. The largest absolute Gasteiger partial charge is 0.491 e. The molecule has 3 aromatic carbocycles. The topological polar surface area (TPSA) is 170 Å². The highest BCUT2D eigenvalue weighted by atomic mass is 32.2. The van der Waals surface area contributed by atoms with Crippen LogP contribution in [0, 0.1) is 0 Å². The maximum absolute atomic E-state index is 13.6. The first kappa shape index (κ1) is 39.0. The van der Waals surface area contributed by atoms with Crippen molar-refractivity contribution in [3.05, 3.63) is 95.3 Å². The average Bonchev–Trinajstić information content (AvgIpc) is 3.85. The van der Waals surface area contributed by atoms with E-state index >= 15 is 0 Å². The zero-order valence-corrected chi connectivity index (χ0v) is 30.6. The highest BCUT2D eigenvalue weighted by Crippen LogP contribution is 2.31. The highest BCUT2D eigenvalue weighted by Gasteiger charge is 2.41. The molecule has 0 radical (unpaired) electrons. The number of alkyl halides is 4. The number of amides is 1. The van der Waals surface area contributed by atoms with E-state index in [2.05, 4.69) is 20.6 Å². The summed E-state index contributed by atoms with van der Waals surface area (Å²) in [5.41, 5.74) is 1.44. The molecule has 1 saturated heterocycles. The summed E-state index contributed by atoms with van der Waals surface area (Å²) in [6.07, 6.45) is -3.75. The zero-order valence-electron chi connectivity index (χ0n) is 29.0. The van der Waals surface area contributed by atoms with Crippen LogP contribution in [0.5, 0.6) is 11.5 Å². The lowest BCUT2D eigenvalue weighted by molar-refractivity contribution is -0.149. The van der Waals surface area contributed by atoms with Crippen LogP contribution in [0.25, 0.3) is 10.2 Å². The number of halogens is 4. The van der Waals surface area contributed by atoms with E-state index in [0.29, 0.717) is 33.0 Å². The number of sulfonamides is 1. The van der Waals surface area contributed by atoms with Crippen LogP contribution in [0.2, 0.25) is 0 Å². The number of hydrogen-bond donors (Lipinski definition) is 2. The smallest absolute Gasteiger partial charge is 0.416 e. The van der Waals surface area contributed by atoms with Gasteiger partial charge in [0, 0.05) is 13.0 Å². The van der Waals surface area contributed by atoms with Crippen molar-refractivity contribution in [3.63, 3.8) is 0 Å². The molecular weight excluding hydrogens is 757 g/mol. The lowest BCUT2D eigenvalue weighted by Crippen LogP contribution is -2.35. The first-order chi connectivity index (χ1) is 25.6. The number of aromatic nitrogens is 4. The van der Waals surface area contributed by atoms with Gasteiger partial charge >= 0.3 is 6.18 Å². The summed E-state index contributed by atoms with van der Waals surface area (Å²) < 4.78 is 101. The fraction of sp³-hybridized carbons (Fsp3) is 0.371. The van der Waals surface area contributed by atoms with E-state index in [4.69, 9.17) is 24.1 Å². The Bertz CT molecular complexity index is 2180. The first-order valence-corrected chi connectivity index (χ1v) is 19.0. The second-order valence-electron chi connectivity index (χ2n) is 12.9. The molecule has 0 aliphatic carbocycles. The van der Waals surface area contributed by atoms with Gasteiger partial charge in [0.05, 0.1) is 22.0 Å². The van der Waals surface area contributed by atoms with Crippen molar-refractivity contribution < 1.29 is 49.7 Å². The minimum absolute atomic E-state index is 0.0309. The number of hydrogen-bond acceptors (Lipinski definition) is 11. The fourth-order valence-corrected chi connectivity index (χ4v) is 7.39. The normalized spacial score (nSPS) is 17.8. The van der Waals surface area contributed by atoms with E-state index in [9.17, 15) is 30.8 Å². The third-order valence-electron chi connectivity index (χ3n) is 8.35. The van der Waals surface area contributed by atoms with Gasteiger partial charge in [0.2, 0.25) is 10.2 Å². The molecule has 1 fully saturated rings. The number of thiazole rings is 1. The minimum atomic E-state index is -4.45. The van der Waals surface area contributed by atoms with Crippen molar-refractivity contribution in [2.24, 2.45) is 5.14 Å². The van der Waals surface area contributed by atoms with Gasteiger partial charge in [0.1, 0.15) is 55.3 Å². The summed E-state index contributed by atoms with van der Waals surface area (Å²) in [6.45, 7) is 2.88. The molecule has 2 aromatic heterocycles. The second-order valence-corrected chi connectivity index (χ2v) is 15.7. The monoisotopic (exact) mass is 792 g/mol. The molecule has 0 bridgehead atoms. The molecule has 1 amide bonds. The molecule has 3 N–H and O–H groups in total. The predicted octanol–water partition coefficient (Wildman–Crippen LogP) is 5.14. The Morgan fingerprint density at radius 2 is 1.70 bits per heavy atom. The molecule has 3 heterocycles. The summed E-state index contributed by atoms with van der Waals surface area (Å²) in [6, 6.07) is 15.7. The number of ether oxygens (including phenoxy) is 4. The van der Waals surface area contributed by atoms with Gasteiger partial charge in [0.15, 0.2) is 5.79 Å². The molecule has 288 valence electrons. The van der Waals surface area contributed by atoms with Crippen molar-refractivity contribution in [2.75, 3.05) is 19.8 Å².